The third kappa shape index (κ3) is 5.69. The number of hydrogen-bond donors (Lipinski definition) is 2. The Balaban J connectivity index is 1.80. The summed E-state index contributed by atoms with van der Waals surface area (Å²) in [6.45, 7) is 10.2. The quantitative estimate of drug-likeness (QED) is 0.336. The molecule has 1 amide bonds. The van der Waals surface area contributed by atoms with Gasteiger partial charge in [0.15, 0.2) is 11.5 Å². The van der Waals surface area contributed by atoms with Gasteiger partial charge < -0.3 is 24.8 Å². The fourth-order valence-corrected chi connectivity index (χ4v) is 4.73. The molecule has 1 aliphatic rings. The highest BCUT2D eigenvalue weighted by Crippen LogP contribution is 2.40. The first kappa shape index (κ1) is 26.4. The van der Waals surface area contributed by atoms with Gasteiger partial charge in [0.2, 0.25) is 11.1 Å². The monoisotopic (exact) mass is 523 g/mol. The molecular weight excluding hydrogens is 490 g/mol. The number of rotatable bonds is 10. The maximum absolute atomic E-state index is 13.8. The molecule has 1 atom stereocenters. The van der Waals surface area contributed by atoms with Crippen molar-refractivity contribution in [1.82, 2.24) is 14.8 Å². The number of carbonyl (C=O) groups excluding carboxylic acids is 1. The predicted octanol–water partition coefficient (Wildman–Crippen LogP) is 5.51. The minimum atomic E-state index is -0.545. The molecule has 0 saturated heterocycles. The number of carbonyl (C=O) groups is 1. The van der Waals surface area contributed by atoms with Crippen LogP contribution < -0.4 is 24.8 Å². The summed E-state index contributed by atoms with van der Waals surface area (Å²) in [5, 5.41) is 11.7. The summed E-state index contributed by atoms with van der Waals surface area (Å²) in [6.07, 6.45) is -0.0111. The van der Waals surface area contributed by atoms with Crippen molar-refractivity contribution in [3.63, 3.8) is 0 Å². The van der Waals surface area contributed by atoms with Crippen LogP contribution in [0.1, 0.15) is 46.2 Å². The van der Waals surface area contributed by atoms with E-state index in [0.29, 0.717) is 51.9 Å². The maximum Gasteiger partial charge on any atom is 0.255 e. The van der Waals surface area contributed by atoms with Crippen molar-refractivity contribution >= 4 is 29.3 Å². The van der Waals surface area contributed by atoms with Gasteiger partial charge in [-0.2, -0.15) is 4.98 Å². The van der Waals surface area contributed by atoms with E-state index in [1.807, 2.05) is 77.1 Å². The van der Waals surface area contributed by atoms with Gasteiger partial charge in [-0.1, -0.05) is 36.9 Å². The van der Waals surface area contributed by atoms with Crippen molar-refractivity contribution in [2.75, 3.05) is 30.1 Å². The van der Waals surface area contributed by atoms with Gasteiger partial charge in [0.1, 0.15) is 11.8 Å². The molecule has 0 radical (unpaired) electrons. The molecule has 0 fully saturated rings. The van der Waals surface area contributed by atoms with E-state index < -0.39 is 6.04 Å². The number of benzene rings is 2. The van der Waals surface area contributed by atoms with Gasteiger partial charge in [-0.3, -0.25) is 4.79 Å². The molecule has 1 aliphatic heterocycles. The molecule has 2 heterocycles. The molecule has 0 bridgehead atoms. The summed E-state index contributed by atoms with van der Waals surface area (Å²) in [4.78, 5) is 18.5. The Kier molecular flexibility index (Phi) is 8.27. The zero-order chi connectivity index (χ0) is 26.5. The van der Waals surface area contributed by atoms with Crippen LogP contribution >= 0.6 is 11.8 Å². The minimum absolute atomic E-state index is 0.0111. The Morgan fingerprint density at radius 1 is 1.16 bits per heavy atom. The summed E-state index contributed by atoms with van der Waals surface area (Å²) in [7, 11) is 1.60. The molecule has 0 saturated carbocycles. The van der Waals surface area contributed by atoms with Crippen molar-refractivity contribution in [2.24, 2.45) is 0 Å². The van der Waals surface area contributed by atoms with Gasteiger partial charge in [-0.25, -0.2) is 4.68 Å². The average Bonchev–Trinajstić information content (AvgIpc) is 3.26. The van der Waals surface area contributed by atoms with Gasteiger partial charge in [-0.15, -0.1) is 5.10 Å². The maximum atomic E-state index is 13.8. The number of ether oxygens (including phenoxy) is 3. The molecule has 196 valence electrons. The van der Waals surface area contributed by atoms with E-state index >= 15 is 0 Å². The van der Waals surface area contributed by atoms with Crippen LogP contribution in [0.15, 0.2) is 58.9 Å². The van der Waals surface area contributed by atoms with Crippen molar-refractivity contribution in [3.8, 4) is 17.2 Å². The zero-order valence-electron chi connectivity index (χ0n) is 22.0. The highest BCUT2D eigenvalue weighted by atomic mass is 32.2. The Bertz CT molecular complexity index is 1300. The topological polar surface area (TPSA) is 99.5 Å². The van der Waals surface area contributed by atoms with E-state index in [-0.39, 0.29) is 12.0 Å². The second-order valence-electron chi connectivity index (χ2n) is 8.62. The Labute approximate surface area is 221 Å². The molecular formula is C27H33N5O4S. The lowest BCUT2D eigenvalue weighted by molar-refractivity contribution is -0.113. The van der Waals surface area contributed by atoms with Gasteiger partial charge in [0.05, 0.1) is 31.1 Å². The lowest BCUT2D eigenvalue weighted by Gasteiger charge is -2.29. The first-order chi connectivity index (χ1) is 17.9. The number of anilines is 2. The Morgan fingerprint density at radius 3 is 2.65 bits per heavy atom. The van der Waals surface area contributed by atoms with Crippen LogP contribution in [0.4, 0.5) is 11.6 Å². The largest absolute Gasteiger partial charge is 0.493 e. The number of amides is 1. The second kappa shape index (κ2) is 11.6. The highest BCUT2D eigenvalue weighted by Gasteiger charge is 2.35. The number of hydrogen-bond acceptors (Lipinski definition) is 8. The molecule has 9 nitrogen and oxygen atoms in total. The number of para-hydroxylation sites is 2. The second-order valence-corrected chi connectivity index (χ2v) is 9.85. The van der Waals surface area contributed by atoms with Crippen LogP contribution in [0.3, 0.4) is 0 Å². The molecule has 3 aromatic rings. The molecule has 0 aliphatic carbocycles. The summed E-state index contributed by atoms with van der Waals surface area (Å²) in [5.41, 5.74) is 2.61. The normalized spacial score (nSPS) is 14.7. The van der Waals surface area contributed by atoms with Gasteiger partial charge in [0, 0.05) is 5.70 Å². The van der Waals surface area contributed by atoms with Gasteiger partial charge >= 0.3 is 0 Å². The Morgan fingerprint density at radius 2 is 1.95 bits per heavy atom. The lowest BCUT2D eigenvalue weighted by atomic mass is 9.94. The van der Waals surface area contributed by atoms with Crippen LogP contribution in [0.5, 0.6) is 17.2 Å². The number of fused-ring (bicyclic) bond motifs is 1. The fourth-order valence-electron chi connectivity index (χ4n) is 4.17. The predicted molar refractivity (Wildman–Crippen MR) is 146 cm³/mol. The SMILES string of the molecule is CCOc1ccccc1NC(=O)C1=C(C)Nc2nc(SCC)nn2C1c1ccc(OC(C)C)c(OC)c1. The highest BCUT2D eigenvalue weighted by molar-refractivity contribution is 7.99. The molecule has 2 N–H and O–H groups in total. The van der Waals surface area contributed by atoms with E-state index in [4.69, 9.17) is 19.3 Å². The van der Waals surface area contributed by atoms with Gasteiger partial charge in [0.25, 0.3) is 5.91 Å². The smallest absolute Gasteiger partial charge is 0.255 e. The zero-order valence-corrected chi connectivity index (χ0v) is 22.8. The van der Waals surface area contributed by atoms with Crippen molar-refractivity contribution in [1.29, 1.82) is 0 Å². The van der Waals surface area contributed by atoms with E-state index in [1.165, 1.54) is 0 Å². The number of allylic oxidation sites excluding steroid dienone is 1. The summed E-state index contributed by atoms with van der Waals surface area (Å²) >= 11 is 1.54. The first-order valence-electron chi connectivity index (χ1n) is 12.3. The van der Waals surface area contributed by atoms with Crippen LogP contribution in [0.2, 0.25) is 0 Å². The van der Waals surface area contributed by atoms with Gasteiger partial charge in [-0.05, 0) is 63.3 Å². The van der Waals surface area contributed by atoms with Crippen LogP contribution in [-0.2, 0) is 4.79 Å². The number of methoxy groups -OCH3 is 1. The lowest BCUT2D eigenvalue weighted by Crippen LogP contribution is -2.31. The molecule has 4 rings (SSSR count). The number of aromatic nitrogens is 3. The van der Waals surface area contributed by atoms with E-state index in [2.05, 4.69) is 15.6 Å². The molecule has 1 unspecified atom stereocenters. The van der Waals surface area contributed by atoms with Crippen LogP contribution in [0, 0.1) is 0 Å². The molecule has 2 aromatic carbocycles. The Hall–Kier alpha value is -3.66. The van der Waals surface area contributed by atoms with E-state index in [0.717, 1.165) is 11.3 Å². The fraction of sp³-hybridized carbons (Fsp3) is 0.370. The van der Waals surface area contributed by atoms with Crippen molar-refractivity contribution < 1.29 is 19.0 Å². The standard InChI is InChI=1S/C27H33N5O4S/c1-7-35-20-12-10-9-11-19(20)29-25(33)23-17(5)28-26-30-27(37-8-2)31-32(26)24(23)18-13-14-21(36-16(3)4)22(15-18)34-6/h9-16,24H,7-8H2,1-6H3,(H,29,33)(H,28,30,31). The number of thioether (sulfide) groups is 1. The van der Waals surface area contributed by atoms with Crippen LogP contribution in [-0.4, -0.2) is 46.2 Å². The first-order valence-corrected chi connectivity index (χ1v) is 13.3. The number of nitrogens with zero attached hydrogens (tertiary/aromatic N) is 3. The van der Waals surface area contributed by atoms with Crippen molar-refractivity contribution in [2.45, 2.75) is 51.9 Å². The van der Waals surface area contributed by atoms with Crippen LogP contribution in [0.25, 0.3) is 0 Å². The number of nitrogens with one attached hydrogen (secondary N) is 2. The summed E-state index contributed by atoms with van der Waals surface area (Å²) in [6, 6.07) is 12.5. The molecule has 10 heteroatoms. The third-order valence-electron chi connectivity index (χ3n) is 5.65. The summed E-state index contributed by atoms with van der Waals surface area (Å²) in [5.74, 6) is 2.96. The van der Waals surface area contributed by atoms with E-state index in [1.54, 1.807) is 23.6 Å². The molecule has 37 heavy (non-hydrogen) atoms. The third-order valence-corrected chi connectivity index (χ3v) is 6.37. The van der Waals surface area contributed by atoms with Crippen molar-refractivity contribution in [3.05, 3.63) is 59.3 Å². The average molecular weight is 524 g/mol. The molecule has 1 aromatic heterocycles. The minimum Gasteiger partial charge on any atom is -0.493 e. The summed E-state index contributed by atoms with van der Waals surface area (Å²) < 4.78 is 19.0. The van der Waals surface area contributed by atoms with E-state index in [9.17, 15) is 4.79 Å². The molecule has 0 spiro atoms.